The SMILES string of the molecule is COCCOCCOCCOCC[N+](CCCS(=O)(=O)O)=c1ccc2c(/C=C/C=C3\N(CCCCCC(=O)Oc4c(F)c(F)cc(F)c4F)c4ccc(S(=O)(=O)[O-])cc4C3(C)CCCS(=O)(=O)O)cc(C(C)(C)C)oc-2c1. The van der Waals surface area contributed by atoms with Gasteiger partial charge < -0.3 is 37.6 Å². The number of allylic oxidation sites excluding steroid dienone is 3. The number of anilines is 1. The Morgan fingerprint density at radius 3 is 2.01 bits per heavy atom. The normalized spacial score (nSPS) is 16.3. The molecule has 2 aromatic carbocycles. The van der Waals surface area contributed by atoms with Crippen molar-refractivity contribution in [2.45, 2.75) is 88.4 Å². The minimum atomic E-state index is -4.97. The molecule has 1 aliphatic carbocycles. The fourth-order valence-corrected chi connectivity index (χ4v) is 10.1. The third-order valence-corrected chi connectivity index (χ3v) is 15.0. The second kappa shape index (κ2) is 27.7. The summed E-state index contributed by atoms with van der Waals surface area (Å²) in [5.41, 5.74) is 1.10. The van der Waals surface area contributed by atoms with Crippen molar-refractivity contribution in [2.75, 3.05) is 89.4 Å². The summed E-state index contributed by atoms with van der Waals surface area (Å²) in [4.78, 5) is 13.9. The number of ether oxygens (including phenoxy) is 5. The van der Waals surface area contributed by atoms with E-state index in [4.69, 9.17) is 23.4 Å². The molecule has 0 bridgehead atoms. The van der Waals surface area contributed by atoms with E-state index in [0.29, 0.717) is 104 Å². The highest BCUT2D eigenvalue weighted by Gasteiger charge is 2.43. The number of esters is 1. The molecule has 0 fully saturated rings. The van der Waals surface area contributed by atoms with E-state index < -0.39 is 99.0 Å². The van der Waals surface area contributed by atoms with Gasteiger partial charge in [0.05, 0.1) is 62.1 Å². The van der Waals surface area contributed by atoms with Crippen LogP contribution in [-0.4, -0.2) is 129 Å². The van der Waals surface area contributed by atoms with E-state index in [1.165, 1.54) is 12.1 Å². The zero-order valence-corrected chi connectivity index (χ0v) is 46.0. The lowest BCUT2D eigenvalue weighted by Gasteiger charge is -2.30. The van der Waals surface area contributed by atoms with Gasteiger partial charge in [-0.2, -0.15) is 25.6 Å². The first-order chi connectivity index (χ1) is 36.1. The summed E-state index contributed by atoms with van der Waals surface area (Å²) in [5, 5.41) is 0.675. The number of carbonyl (C=O) groups is 1. The first-order valence-corrected chi connectivity index (χ1v) is 29.3. The molecule has 77 heavy (non-hydrogen) atoms. The molecule has 0 saturated carbocycles. The summed E-state index contributed by atoms with van der Waals surface area (Å²) in [5.74, 6) is -9.90. The molecule has 2 aromatic rings. The number of benzene rings is 3. The number of hydrogen-bond donors (Lipinski definition) is 2. The first kappa shape index (κ1) is 62.7. The van der Waals surface area contributed by atoms with Crippen LogP contribution in [0.1, 0.15) is 89.5 Å². The molecule has 2 heterocycles. The van der Waals surface area contributed by atoms with E-state index in [9.17, 15) is 61.3 Å². The Bertz CT molecular complexity index is 3120. The van der Waals surface area contributed by atoms with Gasteiger partial charge in [0.25, 0.3) is 20.2 Å². The van der Waals surface area contributed by atoms with Crippen molar-refractivity contribution in [2.24, 2.45) is 0 Å². The zero-order valence-electron chi connectivity index (χ0n) is 43.5. The van der Waals surface area contributed by atoms with Crippen molar-refractivity contribution in [3.8, 4) is 17.1 Å². The number of carbonyl (C=O) groups excluding carboxylic acids is 1. The van der Waals surface area contributed by atoms with Crippen LogP contribution in [0.5, 0.6) is 5.75 Å². The van der Waals surface area contributed by atoms with Crippen LogP contribution in [-0.2, 0) is 64.9 Å². The third-order valence-electron chi connectivity index (χ3n) is 12.6. The predicted molar refractivity (Wildman–Crippen MR) is 277 cm³/mol. The summed E-state index contributed by atoms with van der Waals surface area (Å²) in [6.07, 6.45) is 5.72. The smallest absolute Gasteiger partial charge is 0.311 e. The predicted octanol–water partition coefficient (Wildman–Crippen LogP) is 7.40. The van der Waals surface area contributed by atoms with Gasteiger partial charge in [-0.15, -0.1) is 0 Å². The average molecular weight is 1150 g/mol. The molecule has 1 unspecified atom stereocenters. The summed E-state index contributed by atoms with van der Waals surface area (Å²) in [7, 11) is -12.1. The molecule has 0 spiro atoms. The number of methoxy groups -OCH3 is 1. The fourth-order valence-electron chi connectivity index (χ4n) is 8.64. The van der Waals surface area contributed by atoms with Crippen LogP contribution in [0.25, 0.3) is 17.4 Å². The molecule has 2 N–H and O–H groups in total. The molecule has 0 aromatic heterocycles. The highest BCUT2D eigenvalue weighted by molar-refractivity contribution is 7.86. The van der Waals surface area contributed by atoms with Crippen molar-refractivity contribution in [1.29, 1.82) is 0 Å². The molecule has 0 saturated heterocycles. The molecule has 2 aliphatic heterocycles. The van der Waals surface area contributed by atoms with E-state index in [2.05, 4.69) is 4.74 Å². The molecule has 18 nitrogen and oxygen atoms in total. The Hall–Kier alpha value is -5.09. The van der Waals surface area contributed by atoms with Gasteiger partial charge in [0.2, 0.25) is 22.7 Å². The largest absolute Gasteiger partial charge is 0.744 e. The molecule has 0 radical (unpaired) electrons. The van der Waals surface area contributed by atoms with Crippen LogP contribution in [0.4, 0.5) is 23.2 Å². The summed E-state index contributed by atoms with van der Waals surface area (Å²) < 4.78 is 194. The maximum absolute atomic E-state index is 14.2. The van der Waals surface area contributed by atoms with Gasteiger partial charge in [-0.05, 0) is 80.1 Å². The Labute approximate surface area is 446 Å². The van der Waals surface area contributed by atoms with Crippen molar-refractivity contribution in [3.05, 3.63) is 112 Å². The van der Waals surface area contributed by atoms with Crippen molar-refractivity contribution in [1.82, 2.24) is 4.58 Å². The first-order valence-electron chi connectivity index (χ1n) is 24.7. The van der Waals surface area contributed by atoms with E-state index in [1.54, 1.807) is 26.2 Å². The van der Waals surface area contributed by atoms with E-state index in [-0.39, 0.29) is 51.4 Å². The number of hydrogen-bond acceptors (Lipinski definition) is 15. The lowest BCUT2D eigenvalue weighted by atomic mass is 9.77. The minimum Gasteiger partial charge on any atom is -0.744 e. The van der Waals surface area contributed by atoms with Crippen LogP contribution in [0.3, 0.4) is 0 Å². The van der Waals surface area contributed by atoms with Crippen LogP contribution in [0.2, 0.25) is 0 Å². The molecule has 25 heteroatoms. The van der Waals surface area contributed by atoms with Gasteiger partial charge in [0.15, 0.2) is 18.2 Å². The van der Waals surface area contributed by atoms with E-state index >= 15 is 0 Å². The third kappa shape index (κ3) is 18.5. The number of nitrogens with zero attached hydrogens (tertiary/aromatic N) is 2. The lowest BCUT2D eigenvalue weighted by Crippen LogP contribution is -2.35. The van der Waals surface area contributed by atoms with E-state index in [1.807, 2.05) is 60.6 Å². The summed E-state index contributed by atoms with van der Waals surface area (Å²) >= 11 is 0. The van der Waals surface area contributed by atoms with Gasteiger partial charge in [0, 0.05) is 66.4 Å². The molecule has 1 atom stereocenters. The van der Waals surface area contributed by atoms with Gasteiger partial charge in [-0.25, -0.2) is 21.8 Å². The topological polar surface area (TPSA) is 249 Å². The fraction of sp³-hybridized carbons (Fsp3) is 0.500. The summed E-state index contributed by atoms with van der Waals surface area (Å²) in [6, 6.07) is 11.2. The second-order valence-electron chi connectivity index (χ2n) is 19.5. The lowest BCUT2D eigenvalue weighted by molar-refractivity contribution is -0.135. The Morgan fingerprint density at radius 1 is 0.779 bits per heavy atom. The minimum absolute atomic E-state index is 0.0164. The van der Waals surface area contributed by atoms with E-state index in [0.717, 1.165) is 6.07 Å². The van der Waals surface area contributed by atoms with Crippen molar-refractivity contribution >= 4 is 48.1 Å². The maximum Gasteiger partial charge on any atom is 0.311 e. The van der Waals surface area contributed by atoms with Crippen LogP contribution in [0, 0.1) is 23.3 Å². The van der Waals surface area contributed by atoms with Crippen molar-refractivity contribution < 1.29 is 89.4 Å². The number of rotatable bonds is 30. The monoisotopic (exact) mass is 1150 g/mol. The quantitative estimate of drug-likeness (QED) is 0.00982. The Morgan fingerprint density at radius 2 is 1.40 bits per heavy atom. The second-order valence-corrected chi connectivity index (χ2v) is 24.0. The van der Waals surface area contributed by atoms with Gasteiger partial charge in [0.1, 0.15) is 34.8 Å². The van der Waals surface area contributed by atoms with Gasteiger partial charge in [-0.3, -0.25) is 13.9 Å². The standard InChI is InChI=1S/C52H66F4N2O16S3/c1-51(2,3)46-32-36(39-17-15-37(33-44(39)73-46)57(20-11-31-76(63,64)65)22-23-70-26-27-72-29-28-71-25-24-69-5)12-9-13-45-52(4,19-10-30-75(60,61)62)40-34-38(77(66,67)68)16-18-43(40)58(45)21-8-6-7-14-47(59)74-50-48(55)41(53)35-42(54)49(50)56/h9,12-13,15-18,32-35H,6-8,10-11,14,19-31H2,1-5H3,(H2-,60,61,62,63,64,65,66,67,68). The number of unbranched alkanes of at least 4 members (excludes halogenated alkanes) is 2. The van der Waals surface area contributed by atoms with Gasteiger partial charge in [-0.1, -0.05) is 39.3 Å². The van der Waals surface area contributed by atoms with Crippen LogP contribution < -0.4 is 19.6 Å². The molecule has 3 aliphatic rings. The molecule has 426 valence electrons. The molecular weight excluding hydrogens is 1080 g/mol. The maximum atomic E-state index is 14.2. The molecule has 0 amide bonds. The summed E-state index contributed by atoms with van der Waals surface area (Å²) in [6.45, 7) is 11.0. The van der Waals surface area contributed by atoms with Gasteiger partial charge >= 0.3 is 5.97 Å². The average Bonchev–Trinajstić information content (AvgIpc) is 3.60. The number of fused-ring (bicyclic) bond motifs is 2. The van der Waals surface area contributed by atoms with Crippen molar-refractivity contribution in [3.63, 3.8) is 0 Å². The number of halogens is 4. The highest BCUT2D eigenvalue weighted by Crippen LogP contribution is 2.51. The Kier molecular flexibility index (Phi) is 22.6. The molecule has 5 rings (SSSR count). The molecular formula is C52H66F4N2O16S3. The zero-order chi connectivity index (χ0) is 56.8. The van der Waals surface area contributed by atoms with Crippen LogP contribution in [0.15, 0.2) is 75.7 Å². The highest BCUT2D eigenvalue weighted by atomic mass is 32.2. The van der Waals surface area contributed by atoms with Crippen LogP contribution >= 0.6 is 0 Å². The Balaban J connectivity index is 1.49.